The van der Waals surface area contributed by atoms with Crippen molar-refractivity contribution in [2.75, 3.05) is 0 Å². The number of aliphatic hydroxyl groups is 1. The molecule has 0 aromatic rings. The van der Waals surface area contributed by atoms with Gasteiger partial charge < -0.3 is 5.11 Å². The summed E-state index contributed by atoms with van der Waals surface area (Å²) in [6.07, 6.45) is 0.958. The average Bonchev–Trinajstić information content (AvgIpc) is 2.00. The van der Waals surface area contributed by atoms with Crippen molar-refractivity contribution in [2.45, 2.75) is 46.6 Å². The highest BCUT2D eigenvalue weighted by Crippen LogP contribution is 2.38. The lowest BCUT2D eigenvalue weighted by molar-refractivity contribution is -0.140. The number of carbonyl (C=O) groups is 1. The molecule has 1 N–H and O–H groups in total. The number of aliphatic hydroxyl groups excluding tert-OH is 1. The maximum absolute atomic E-state index is 11.7. The number of rotatable bonds is 1. The Morgan fingerprint density at radius 2 is 2.00 bits per heavy atom. The van der Waals surface area contributed by atoms with Crippen LogP contribution < -0.4 is 0 Å². The Kier molecular flexibility index (Phi) is 2.81. The van der Waals surface area contributed by atoms with Crippen molar-refractivity contribution in [1.82, 2.24) is 0 Å². The summed E-state index contributed by atoms with van der Waals surface area (Å²) in [5.41, 5.74) is -0.522. The van der Waals surface area contributed by atoms with Crippen molar-refractivity contribution in [3.05, 3.63) is 0 Å². The molecule has 76 valence electrons. The summed E-state index contributed by atoms with van der Waals surface area (Å²) < 4.78 is 0. The fraction of sp³-hybridized carbons (Fsp3) is 0.909. The van der Waals surface area contributed by atoms with Gasteiger partial charge in [0.25, 0.3) is 0 Å². The third kappa shape index (κ3) is 1.93. The van der Waals surface area contributed by atoms with E-state index >= 15 is 0 Å². The van der Waals surface area contributed by atoms with Crippen LogP contribution in [0.4, 0.5) is 0 Å². The van der Waals surface area contributed by atoms with E-state index in [1.165, 1.54) is 0 Å². The van der Waals surface area contributed by atoms with Gasteiger partial charge in [-0.25, -0.2) is 0 Å². The maximum atomic E-state index is 11.7. The molecule has 0 aromatic carbocycles. The molecule has 0 saturated heterocycles. The average molecular weight is 184 g/mol. The largest absolute Gasteiger partial charge is 0.392 e. The standard InChI is InChI=1S/C11H20O2/c1-7(2)8-5-9(12)11(3,4)10(13)6-8/h7-9,12H,5-6H2,1-4H3. The number of carbonyl (C=O) groups excluding carboxylic acids is 1. The summed E-state index contributed by atoms with van der Waals surface area (Å²) in [5.74, 6) is 1.08. The van der Waals surface area contributed by atoms with Crippen LogP contribution in [0, 0.1) is 17.3 Å². The molecule has 0 heterocycles. The molecule has 1 aliphatic carbocycles. The quantitative estimate of drug-likeness (QED) is 0.677. The first kappa shape index (κ1) is 10.7. The maximum Gasteiger partial charge on any atom is 0.141 e. The van der Waals surface area contributed by atoms with E-state index < -0.39 is 11.5 Å². The highest BCUT2D eigenvalue weighted by Gasteiger charge is 2.42. The van der Waals surface area contributed by atoms with E-state index in [1.54, 1.807) is 0 Å². The molecule has 0 spiro atoms. The summed E-state index contributed by atoms with van der Waals surface area (Å²) in [4.78, 5) is 11.7. The third-order valence-corrected chi connectivity index (χ3v) is 3.47. The number of hydrogen-bond acceptors (Lipinski definition) is 2. The van der Waals surface area contributed by atoms with Gasteiger partial charge in [-0.2, -0.15) is 0 Å². The lowest BCUT2D eigenvalue weighted by Gasteiger charge is -2.39. The molecular formula is C11H20O2. The van der Waals surface area contributed by atoms with Crippen molar-refractivity contribution in [3.63, 3.8) is 0 Å². The van der Waals surface area contributed by atoms with Gasteiger partial charge in [0.1, 0.15) is 5.78 Å². The van der Waals surface area contributed by atoms with Crippen LogP contribution in [0.2, 0.25) is 0 Å². The first-order valence-corrected chi connectivity index (χ1v) is 5.07. The van der Waals surface area contributed by atoms with Crippen LogP contribution in [0.25, 0.3) is 0 Å². The van der Waals surface area contributed by atoms with E-state index in [9.17, 15) is 9.90 Å². The van der Waals surface area contributed by atoms with Gasteiger partial charge in [-0.15, -0.1) is 0 Å². The molecule has 0 aromatic heterocycles. The van der Waals surface area contributed by atoms with Crippen LogP contribution in [0.5, 0.6) is 0 Å². The Balaban J connectivity index is 2.74. The molecule has 0 bridgehead atoms. The molecule has 13 heavy (non-hydrogen) atoms. The second-order valence-electron chi connectivity index (χ2n) is 5.10. The number of Topliss-reactive ketones (excluding diaryl/α,β-unsaturated/α-hetero) is 1. The highest BCUT2D eigenvalue weighted by atomic mass is 16.3. The van der Waals surface area contributed by atoms with Gasteiger partial charge in [0.05, 0.1) is 6.10 Å². The second-order valence-corrected chi connectivity index (χ2v) is 5.10. The minimum Gasteiger partial charge on any atom is -0.392 e. The van der Waals surface area contributed by atoms with Crippen molar-refractivity contribution in [3.8, 4) is 0 Å². The zero-order valence-electron chi connectivity index (χ0n) is 9.00. The molecule has 2 nitrogen and oxygen atoms in total. The third-order valence-electron chi connectivity index (χ3n) is 3.47. The minimum atomic E-state index is -0.522. The van der Waals surface area contributed by atoms with E-state index in [2.05, 4.69) is 13.8 Å². The minimum absolute atomic E-state index is 0.213. The van der Waals surface area contributed by atoms with E-state index in [-0.39, 0.29) is 5.78 Å². The fourth-order valence-electron chi connectivity index (χ4n) is 1.86. The molecule has 2 atom stereocenters. The fourth-order valence-corrected chi connectivity index (χ4v) is 1.86. The van der Waals surface area contributed by atoms with Gasteiger partial charge >= 0.3 is 0 Å². The molecule has 2 unspecified atom stereocenters. The van der Waals surface area contributed by atoms with E-state index in [4.69, 9.17) is 0 Å². The zero-order valence-corrected chi connectivity index (χ0v) is 9.00. The van der Waals surface area contributed by atoms with E-state index in [1.807, 2.05) is 13.8 Å². The number of hydrogen-bond donors (Lipinski definition) is 1. The number of ketones is 1. The molecule has 0 radical (unpaired) electrons. The summed E-state index contributed by atoms with van der Waals surface area (Å²) in [7, 11) is 0. The lowest BCUT2D eigenvalue weighted by atomic mass is 9.67. The lowest BCUT2D eigenvalue weighted by Crippen LogP contribution is -2.44. The van der Waals surface area contributed by atoms with Crippen molar-refractivity contribution >= 4 is 5.78 Å². The Morgan fingerprint density at radius 1 is 1.46 bits per heavy atom. The summed E-state index contributed by atoms with van der Waals surface area (Å²) in [6.45, 7) is 7.92. The molecular weight excluding hydrogens is 164 g/mol. The molecule has 0 amide bonds. The normalized spacial score (nSPS) is 33.8. The van der Waals surface area contributed by atoms with Crippen LogP contribution in [0.3, 0.4) is 0 Å². The van der Waals surface area contributed by atoms with Crippen LogP contribution in [0.15, 0.2) is 0 Å². The smallest absolute Gasteiger partial charge is 0.141 e. The van der Waals surface area contributed by atoms with Crippen LogP contribution in [-0.4, -0.2) is 17.0 Å². The first-order valence-electron chi connectivity index (χ1n) is 5.07. The Hall–Kier alpha value is -0.370. The molecule has 1 rings (SSSR count). The molecule has 1 saturated carbocycles. The topological polar surface area (TPSA) is 37.3 Å². The molecule has 2 heteroatoms. The Labute approximate surface area is 80.3 Å². The van der Waals surface area contributed by atoms with Crippen LogP contribution in [-0.2, 0) is 4.79 Å². The summed E-state index contributed by atoms with van der Waals surface area (Å²) in [5, 5.41) is 9.81. The summed E-state index contributed by atoms with van der Waals surface area (Å²) >= 11 is 0. The second kappa shape index (κ2) is 3.41. The molecule has 1 aliphatic rings. The van der Waals surface area contributed by atoms with E-state index in [0.29, 0.717) is 18.3 Å². The van der Waals surface area contributed by atoms with Gasteiger partial charge in [0.2, 0.25) is 0 Å². The Bertz CT molecular complexity index is 206. The van der Waals surface area contributed by atoms with Crippen molar-refractivity contribution in [2.24, 2.45) is 17.3 Å². The van der Waals surface area contributed by atoms with Crippen molar-refractivity contribution in [1.29, 1.82) is 0 Å². The SMILES string of the molecule is CC(C)C1CC(=O)C(C)(C)C(O)C1. The predicted molar refractivity (Wildman–Crippen MR) is 52.4 cm³/mol. The van der Waals surface area contributed by atoms with Crippen LogP contribution in [0.1, 0.15) is 40.5 Å². The highest BCUT2D eigenvalue weighted by molar-refractivity contribution is 5.85. The van der Waals surface area contributed by atoms with Gasteiger partial charge in [-0.3, -0.25) is 4.79 Å². The summed E-state index contributed by atoms with van der Waals surface area (Å²) in [6, 6.07) is 0. The first-order chi connectivity index (χ1) is 5.85. The Morgan fingerprint density at radius 3 is 2.38 bits per heavy atom. The predicted octanol–water partition coefficient (Wildman–Crippen LogP) is 2.01. The monoisotopic (exact) mass is 184 g/mol. The van der Waals surface area contributed by atoms with Crippen LogP contribution >= 0.6 is 0 Å². The molecule has 0 aliphatic heterocycles. The van der Waals surface area contributed by atoms with Crippen molar-refractivity contribution < 1.29 is 9.90 Å². The molecule has 1 fully saturated rings. The zero-order chi connectivity index (χ0) is 10.2. The van der Waals surface area contributed by atoms with Gasteiger partial charge in [0, 0.05) is 11.8 Å². The van der Waals surface area contributed by atoms with E-state index in [0.717, 1.165) is 6.42 Å². The van der Waals surface area contributed by atoms with Gasteiger partial charge in [-0.1, -0.05) is 27.7 Å². The van der Waals surface area contributed by atoms with Gasteiger partial charge in [0.15, 0.2) is 0 Å². The van der Waals surface area contributed by atoms with Gasteiger partial charge in [-0.05, 0) is 18.3 Å².